The molecule has 0 saturated heterocycles. The van der Waals surface area contributed by atoms with Crippen LogP contribution in [0.15, 0.2) is 54.6 Å². The number of carbonyl (C=O) groups is 1. The van der Waals surface area contributed by atoms with Crippen LogP contribution in [0.4, 0.5) is 5.69 Å². The van der Waals surface area contributed by atoms with Gasteiger partial charge in [0.2, 0.25) is 0 Å². The van der Waals surface area contributed by atoms with Gasteiger partial charge >= 0.3 is 5.97 Å². The number of unbranched alkanes of at least 4 members (excludes halogenated alkanes) is 2. The zero-order valence-corrected chi connectivity index (χ0v) is 16.0. The van der Waals surface area contributed by atoms with Gasteiger partial charge in [-0.3, -0.25) is 4.79 Å². The number of benzene rings is 2. The monoisotopic (exact) mass is 371 g/mol. The van der Waals surface area contributed by atoms with Gasteiger partial charge in [0.05, 0.1) is 13.0 Å². The Morgan fingerprint density at radius 3 is 2.50 bits per heavy atom. The number of ether oxygens (including phenoxy) is 1. The molecule has 26 heavy (non-hydrogen) atoms. The number of carbonyl (C=O) groups excluding carboxylic acids is 1. The van der Waals surface area contributed by atoms with Gasteiger partial charge in [-0.25, -0.2) is 0 Å². The number of halogens is 1. The first-order valence-electron chi connectivity index (χ1n) is 9.08. The Kier molecular flexibility index (Phi) is 8.77. The summed E-state index contributed by atoms with van der Waals surface area (Å²) < 4.78 is 4.96. The standard InChI is InChI=1S/C22H26ClNO2/c1-2-26-22(25)17-19-10-14-21(15-11-19)24-16-6-4-3-5-7-18-8-12-20(23)13-9-18/h5,7-15,24H,2-4,6,16-17H2,1H3. The van der Waals surface area contributed by atoms with Crippen LogP contribution >= 0.6 is 11.6 Å². The molecule has 0 atom stereocenters. The first-order chi connectivity index (χ1) is 12.7. The summed E-state index contributed by atoms with van der Waals surface area (Å²) in [6, 6.07) is 15.8. The number of nitrogens with one attached hydrogen (secondary N) is 1. The molecule has 0 amide bonds. The van der Waals surface area contributed by atoms with E-state index in [9.17, 15) is 4.79 Å². The minimum Gasteiger partial charge on any atom is -0.466 e. The van der Waals surface area contributed by atoms with Crippen LogP contribution in [0, 0.1) is 0 Å². The van der Waals surface area contributed by atoms with Gasteiger partial charge in [0.15, 0.2) is 0 Å². The van der Waals surface area contributed by atoms with Crippen LogP contribution in [0.2, 0.25) is 5.02 Å². The summed E-state index contributed by atoms with van der Waals surface area (Å²) in [7, 11) is 0. The van der Waals surface area contributed by atoms with Gasteiger partial charge in [-0.1, -0.05) is 48.0 Å². The van der Waals surface area contributed by atoms with Crippen molar-refractivity contribution in [3.8, 4) is 0 Å². The summed E-state index contributed by atoms with van der Waals surface area (Å²) in [6.07, 6.45) is 7.96. The Hall–Kier alpha value is -2.26. The second kappa shape index (κ2) is 11.4. The second-order valence-electron chi connectivity index (χ2n) is 6.06. The van der Waals surface area contributed by atoms with Crippen molar-refractivity contribution in [2.45, 2.75) is 32.6 Å². The highest BCUT2D eigenvalue weighted by molar-refractivity contribution is 6.30. The number of rotatable bonds is 10. The molecule has 0 aromatic heterocycles. The highest BCUT2D eigenvalue weighted by Crippen LogP contribution is 2.12. The summed E-state index contributed by atoms with van der Waals surface area (Å²) in [4.78, 5) is 11.5. The summed E-state index contributed by atoms with van der Waals surface area (Å²) in [5.74, 6) is -0.181. The van der Waals surface area contributed by atoms with E-state index >= 15 is 0 Å². The van der Waals surface area contributed by atoms with E-state index in [0.29, 0.717) is 13.0 Å². The lowest BCUT2D eigenvalue weighted by atomic mass is 10.1. The largest absolute Gasteiger partial charge is 0.466 e. The van der Waals surface area contributed by atoms with E-state index in [4.69, 9.17) is 16.3 Å². The highest BCUT2D eigenvalue weighted by atomic mass is 35.5. The maximum atomic E-state index is 11.5. The highest BCUT2D eigenvalue weighted by Gasteiger charge is 2.03. The van der Waals surface area contributed by atoms with Gasteiger partial charge in [0.1, 0.15) is 0 Å². The van der Waals surface area contributed by atoms with Crippen LogP contribution in [-0.4, -0.2) is 19.1 Å². The van der Waals surface area contributed by atoms with E-state index in [1.165, 1.54) is 5.56 Å². The molecule has 0 spiro atoms. The molecule has 3 nitrogen and oxygen atoms in total. The molecule has 0 heterocycles. The topological polar surface area (TPSA) is 38.3 Å². The van der Waals surface area contributed by atoms with Crippen LogP contribution in [-0.2, 0) is 16.0 Å². The lowest BCUT2D eigenvalue weighted by Crippen LogP contribution is -2.07. The van der Waals surface area contributed by atoms with Crippen LogP contribution in [0.25, 0.3) is 6.08 Å². The van der Waals surface area contributed by atoms with Crippen molar-refractivity contribution in [2.75, 3.05) is 18.5 Å². The molecule has 0 bridgehead atoms. The quantitative estimate of drug-likeness (QED) is 0.427. The van der Waals surface area contributed by atoms with Crippen molar-refractivity contribution >= 4 is 29.3 Å². The molecule has 0 radical (unpaired) electrons. The van der Waals surface area contributed by atoms with Crippen LogP contribution in [0.1, 0.15) is 37.3 Å². The van der Waals surface area contributed by atoms with Crippen molar-refractivity contribution in [1.82, 2.24) is 0 Å². The minimum absolute atomic E-state index is 0.181. The van der Waals surface area contributed by atoms with E-state index in [1.54, 1.807) is 0 Å². The minimum atomic E-state index is -0.181. The molecule has 2 aromatic rings. The third-order valence-corrected chi connectivity index (χ3v) is 4.17. The Balaban J connectivity index is 1.60. The van der Waals surface area contributed by atoms with E-state index < -0.39 is 0 Å². The van der Waals surface area contributed by atoms with Crippen LogP contribution in [0.5, 0.6) is 0 Å². The second-order valence-corrected chi connectivity index (χ2v) is 6.49. The molecule has 1 N–H and O–H groups in total. The number of hydrogen-bond acceptors (Lipinski definition) is 3. The number of allylic oxidation sites excluding steroid dienone is 1. The first kappa shape index (κ1) is 20.1. The Labute approximate surface area is 161 Å². The summed E-state index contributed by atoms with van der Waals surface area (Å²) in [5.41, 5.74) is 3.23. The van der Waals surface area contributed by atoms with E-state index in [0.717, 1.165) is 42.1 Å². The smallest absolute Gasteiger partial charge is 0.310 e. The predicted octanol–water partition coefficient (Wildman–Crippen LogP) is 5.74. The fourth-order valence-corrected chi connectivity index (χ4v) is 2.66. The Bertz CT molecular complexity index is 693. The van der Waals surface area contributed by atoms with Crippen molar-refractivity contribution in [3.05, 3.63) is 70.8 Å². The third-order valence-electron chi connectivity index (χ3n) is 3.91. The average Bonchev–Trinajstić information content (AvgIpc) is 2.64. The lowest BCUT2D eigenvalue weighted by molar-refractivity contribution is -0.142. The van der Waals surface area contributed by atoms with Gasteiger partial charge in [-0.2, -0.15) is 0 Å². The normalized spacial score (nSPS) is 10.8. The van der Waals surface area contributed by atoms with Crippen molar-refractivity contribution in [2.24, 2.45) is 0 Å². The molecule has 0 aliphatic rings. The lowest BCUT2D eigenvalue weighted by Gasteiger charge is -2.07. The van der Waals surface area contributed by atoms with Crippen molar-refractivity contribution in [3.63, 3.8) is 0 Å². The summed E-state index contributed by atoms with van der Waals surface area (Å²) in [6.45, 7) is 3.18. The molecule has 0 unspecified atom stereocenters. The van der Waals surface area contributed by atoms with Gasteiger partial charge in [-0.05, 0) is 61.6 Å². The van der Waals surface area contributed by atoms with Gasteiger partial charge < -0.3 is 10.1 Å². The molecule has 2 rings (SSSR count). The number of anilines is 1. The Morgan fingerprint density at radius 1 is 1.08 bits per heavy atom. The average molecular weight is 372 g/mol. The number of esters is 1. The molecule has 138 valence electrons. The first-order valence-corrected chi connectivity index (χ1v) is 9.45. The molecular formula is C22H26ClNO2. The molecule has 4 heteroatoms. The van der Waals surface area contributed by atoms with E-state index in [-0.39, 0.29) is 5.97 Å². The fraction of sp³-hybridized carbons (Fsp3) is 0.318. The molecular weight excluding hydrogens is 346 g/mol. The predicted molar refractivity (Wildman–Crippen MR) is 110 cm³/mol. The zero-order valence-electron chi connectivity index (χ0n) is 15.2. The van der Waals surface area contributed by atoms with Crippen LogP contribution < -0.4 is 5.32 Å². The van der Waals surface area contributed by atoms with Gasteiger partial charge in [-0.15, -0.1) is 0 Å². The third kappa shape index (κ3) is 7.75. The van der Waals surface area contributed by atoms with Crippen molar-refractivity contribution in [1.29, 1.82) is 0 Å². The molecule has 0 aliphatic heterocycles. The SMILES string of the molecule is CCOC(=O)Cc1ccc(NCCCCC=Cc2ccc(Cl)cc2)cc1. The van der Waals surface area contributed by atoms with Gasteiger partial charge in [0.25, 0.3) is 0 Å². The van der Waals surface area contributed by atoms with E-state index in [2.05, 4.69) is 17.5 Å². The summed E-state index contributed by atoms with van der Waals surface area (Å²) >= 11 is 5.87. The Morgan fingerprint density at radius 2 is 1.81 bits per heavy atom. The maximum absolute atomic E-state index is 11.5. The fourth-order valence-electron chi connectivity index (χ4n) is 2.53. The molecule has 0 fully saturated rings. The molecule has 0 aliphatic carbocycles. The molecule has 0 saturated carbocycles. The van der Waals surface area contributed by atoms with E-state index in [1.807, 2.05) is 55.5 Å². The van der Waals surface area contributed by atoms with Gasteiger partial charge in [0, 0.05) is 17.3 Å². The van der Waals surface area contributed by atoms with Crippen LogP contribution in [0.3, 0.4) is 0 Å². The molecule has 2 aromatic carbocycles. The zero-order chi connectivity index (χ0) is 18.6. The maximum Gasteiger partial charge on any atom is 0.310 e. The van der Waals surface area contributed by atoms with Crippen molar-refractivity contribution < 1.29 is 9.53 Å². The summed E-state index contributed by atoms with van der Waals surface area (Å²) in [5, 5.41) is 4.18. The number of hydrogen-bond donors (Lipinski definition) is 1.